The summed E-state index contributed by atoms with van der Waals surface area (Å²) >= 11 is 0. The number of carbonyl (C=O) groups excluding carboxylic acids is 1. The van der Waals surface area contributed by atoms with E-state index in [-0.39, 0.29) is 24.8 Å². The molecule has 0 spiro atoms. The monoisotopic (exact) mass is 282 g/mol. The van der Waals surface area contributed by atoms with Crippen LogP contribution in [0.2, 0.25) is 0 Å². The van der Waals surface area contributed by atoms with Crippen LogP contribution in [-0.2, 0) is 16.1 Å². The number of nitrogens with two attached hydrogens (primary N) is 1. The summed E-state index contributed by atoms with van der Waals surface area (Å²) in [5.41, 5.74) is 5.52. The molecule has 0 saturated heterocycles. The summed E-state index contributed by atoms with van der Waals surface area (Å²) in [6, 6.07) is -0.830. The first-order valence-corrected chi connectivity index (χ1v) is 5.86. The number of aromatic nitrogens is 3. The fourth-order valence-corrected chi connectivity index (χ4v) is 1.60. The number of carbonyl (C=O) groups is 1. The molecule has 0 amide bonds. The van der Waals surface area contributed by atoms with Gasteiger partial charge in [0.2, 0.25) is 17.9 Å². The summed E-state index contributed by atoms with van der Waals surface area (Å²) in [6.07, 6.45) is 0.216. The molecule has 0 radical (unpaired) electrons. The molecule has 1 saturated carbocycles. The van der Waals surface area contributed by atoms with Crippen molar-refractivity contribution in [3.63, 3.8) is 0 Å². The van der Waals surface area contributed by atoms with E-state index in [1.54, 1.807) is 19.0 Å². The summed E-state index contributed by atoms with van der Waals surface area (Å²) in [5, 5.41) is 10.5. The molecule has 108 valence electrons. The molecule has 0 bridgehead atoms. The van der Waals surface area contributed by atoms with E-state index in [4.69, 9.17) is 10.5 Å². The van der Waals surface area contributed by atoms with Crippen molar-refractivity contribution in [2.75, 3.05) is 24.7 Å². The van der Waals surface area contributed by atoms with Gasteiger partial charge in [0.1, 0.15) is 5.92 Å². The van der Waals surface area contributed by atoms with E-state index in [9.17, 15) is 14.9 Å². The van der Waals surface area contributed by atoms with E-state index in [1.807, 2.05) is 0 Å². The minimum atomic E-state index is -0.830. The minimum Gasteiger partial charge on any atom is -0.457 e. The molecule has 2 rings (SSSR count). The van der Waals surface area contributed by atoms with Crippen molar-refractivity contribution < 1.29 is 14.5 Å². The summed E-state index contributed by atoms with van der Waals surface area (Å²) in [4.78, 5) is 35.0. The lowest BCUT2D eigenvalue weighted by Gasteiger charge is -2.11. The van der Waals surface area contributed by atoms with Gasteiger partial charge in [-0.25, -0.2) is 0 Å². The van der Waals surface area contributed by atoms with Crippen molar-refractivity contribution in [3.8, 4) is 0 Å². The van der Waals surface area contributed by atoms with E-state index in [2.05, 4.69) is 15.0 Å². The van der Waals surface area contributed by atoms with Crippen LogP contribution < -0.4 is 10.6 Å². The van der Waals surface area contributed by atoms with Gasteiger partial charge in [0.05, 0.1) is 0 Å². The molecule has 20 heavy (non-hydrogen) atoms. The molecule has 1 aromatic rings. The molecule has 0 aromatic carbocycles. The third kappa shape index (κ3) is 3.08. The maximum Gasteiger partial charge on any atom is 0.316 e. The van der Waals surface area contributed by atoms with Crippen LogP contribution in [0.25, 0.3) is 0 Å². The van der Waals surface area contributed by atoms with Gasteiger partial charge in [0.15, 0.2) is 12.4 Å². The van der Waals surface area contributed by atoms with Crippen LogP contribution >= 0.6 is 0 Å². The zero-order chi connectivity index (χ0) is 14.9. The number of hydrogen-bond acceptors (Lipinski definition) is 9. The average Bonchev–Trinajstić information content (AvgIpc) is 3.15. The fraction of sp³-hybridized carbons (Fsp3) is 0.600. The second kappa shape index (κ2) is 5.23. The lowest BCUT2D eigenvalue weighted by molar-refractivity contribution is -0.497. The Morgan fingerprint density at radius 3 is 2.75 bits per heavy atom. The number of nitrogen functional groups attached to an aromatic ring is 1. The molecule has 1 aliphatic carbocycles. The number of nitrogens with zero attached hydrogens (tertiary/aromatic N) is 5. The number of rotatable bonds is 5. The van der Waals surface area contributed by atoms with Gasteiger partial charge in [0.25, 0.3) is 0 Å². The quantitative estimate of drug-likeness (QED) is 0.419. The fourth-order valence-electron chi connectivity index (χ4n) is 1.60. The molecule has 1 fully saturated rings. The Balaban J connectivity index is 1.94. The number of ether oxygens (including phenoxy) is 1. The molecule has 1 aliphatic rings. The van der Waals surface area contributed by atoms with Gasteiger partial charge in [-0.3, -0.25) is 14.9 Å². The van der Waals surface area contributed by atoms with Gasteiger partial charge in [0, 0.05) is 25.4 Å². The Hall–Kier alpha value is -2.52. The zero-order valence-corrected chi connectivity index (χ0v) is 11.0. The Morgan fingerprint density at radius 2 is 2.20 bits per heavy atom. The Labute approximate surface area is 114 Å². The maximum absolute atomic E-state index is 11.6. The molecule has 10 heteroatoms. The van der Waals surface area contributed by atoms with Crippen LogP contribution in [-0.4, -0.2) is 46.0 Å². The van der Waals surface area contributed by atoms with Gasteiger partial charge < -0.3 is 15.4 Å². The van der Waals surface area contributed by atoms with Crippen molar-refractivity contribution in [3.05, 3.63) is 15.9 Å². The van der Waals surface area contributed by atoms with E-state index in [0.29, 0.717) is 5.95 Å². The number of hydrogen-bond donors (Lipinski definition) is 1. The number of nitro groups is 1. The SMILES string of the molecule is CN(C)c1nc(N)nc(COC(=O)C2CC2[N+](=O)[O-])n1. The molecule has 2 N–H and O–H groups in total. The van der Waals surface area contributed by atoms with Crippen molar-refractivity contribution in [2.45, 2.75) is 19.1 Å². The molecule has 1 aromatic heterocycles. The lowest BCUT2D eigenvalue weighted by Crippen LogP contribution is -2.18. The normalized spacial score (nSPS) is 20.3. The van der Waals surface area contributed by atoms with Gasteiger partial charge in [-0.05, 0) is 0 Å². The van der Waals surface area contributed by atoms with Crippen LogP contribution in [0.5, 0.6) is 0 Å². The highest BCUT2D eigenvalue weighted by Crippen LogP contribution is 2.34. The van der Waals surface area contributed by atoms with Gasteiger partial charge >= 0.3 is 5.97 Å². The highest BCUT2D eigenvalue weighted by atomic mass is 16.6. The van der Waals surface area contributed by atoms with Crippen LogP contribution in [0.1, 0.15) is 12.2 Å². The van der Waals surface area contributed by atoms with Crippen molar-refractivity contribution in [1.29, 1.82) is 0 Å². The number of anilines is 2. The molecular formula is C10H14N6O4. The molecule has 2 atom stereocenters. The standard InChI is InChI=1S/C10H14N6O4/c1-15(2)10-13-7(12-9(11)14-10)4-20-8(17)5-3-6(5)16(18)19/h5-6H,3-4H2,1-2H3,(H2,11,12,13,14). The average molecular weight is 282 g/mol. The van der Waals surface area contributed by atoms with E-state index < -0.39 is 22.9 Å². The first kappa shape index (κ1) is 13.9. The van der Waals surface area contributed by atoms with Crippen molar-refractivity contribution in [1.82, 2.24) is 15.0 Å². The van der Waals surface area contributed by atoms with Crippen LogP contribution in [0.4, 0.5) is 11.9 Å². The van der Waals surface area contributed by atoms with Crippen molar-refractivity contribution in [2.24, 2.45) is 5.92 Å². The van der Waals surface area contributed by atoms with Crippen LogP contribution in [0.3, 0.4) is 0 Å². The minimum absolute atomic E-state index is 0.0179. The summed E-state index contributed by atoms with van der Waals surface area (Å²) < 4.78 is 4.95. The highest BCUT2D eigenvalue weighted by molar-refractivity contribution is 5.76. The Bertz CT molecular complexity index is 549. The predicted octanol–water partition coefficient (Wildman–Crippen LogP) is -0.772. The maximum atomic E-state index is 11.6. The van der Waals surface area contributed by atoms with Gasteiger partial charge in [-0.1, -0.05) is 0 Å². The molecule has 10 nitrogen and oxygen atoms in total. The van der Waals surface area contributed by atoms with Crippen LogP contribution in [0.15, 0.2) is 0 Å². The second-order valence-electron chi connectivity index (χ2n) is 4.61. The molecule has 2 unspecified atom stereocenters. The topological polar surface area (TPSA) is 137 Å². The molecule has 0 aliphatic heterocycles. The highest BCUT2D eigenvalue weighted by Gasteiger charge is 2.54. The Morgan fingerprint density at radius 1 is 1.50 bits per heavy atom. The first-order valence-electron chi connectivity index (χ1n) is 5.86. The molecule has 1 heterocycles. The third-order valence-corrected chi connectivity index (χ3v) is 2.76. The number of esters is 1. The van der Waals surface area contributed by atoms with Crippen LogP contribution in [0, 0.1) is 16.0 Å². The van der Waals surface area contributed by atoms with E-state index >= 15 is 0 Å². The zero-order valence-electron chi connectivity index (χ0n) is 11.0. The predicted molar refractivity (Wildman–Crippen MR) is 67.3 cm³/mol. The van der Waals surface area contributed by atoms with E-state index in [1.165, 1.54) is 0 Å². The Kier molecular flexibility index (Phi) is 3.63. The first-order chi connectivity index (χ1) is 9.38. The summed E-state index contributed by atoms with van der Waals surface area (Å²) in [7, 11) is 3.47. The smallest absolute Gasteiger partial charge is 0.316 e. The lowest BCUT2D eigenvalue weighted by atomic mass is 10.4. The van der Waals surface area contributed by atoms with Crippen molar-refractivity contribution >= 4 is 17.9 Å². The summed E-state index contributed by atoms with van der Waals surface area (Å²) in [5.74, 6) is -0.718. The molecular weight excluding hydrogens is 268 g/mol. The van der Waals surface area contributed by atoms with E-state index in [0.717, 1.165) is 0 Å². The third-order valence-electron chi connectivity index (χ3n) is 2.76. The van der Waals surface area contributed by atoms with Gasteiger partial charge in [-0.2, -0.15) is 15.0 Å². The van der Waals surface area contributed by atoms with Gasteiger partial charge in [-0.15, -0.1) is 0 Å². The largest absolute Gasteiger partial charge is 0.457 e. The summed E-state index contributed by atoms with van der Waals surface area (Å²) in [6.45, 7) is -0.187. The second-order valence-corrected chi connectivity index (χ2v) is 4.61.